The van der Waals surface area contributed by atoms with E-state index in [1.807, 2.05) is 0 Å². The molecule has 0 aliphatic heterocycles. The maximum absolute atomic E-state index is 11.4. The van der Waals surface area contributed by atoms with Crippen LogP contribution in [-0.2, 0) is 16.0 Å². The third-order valence-electron chi connectivity index (χ3n) is 3.27. The topological polar surface area (TPSA) is 78.8 Å². The number of rotatable bonds is 9. The van der Waals surface area contributed by atoms with E-state index in [0.717, 1.165) is 6.42 Å². The molecule has 2 rings (SSSR count). The van der Waals surface area contributed by atoms with Crippen molar-refractivity contribution in [2.75, 3.05) is 26.4 Å². The summed E-state index contributed by atoms with van der Waals surface area (Å²) in [4.78, 5) is 11.4. The Morgan fingerprint density at radius 2 is 2.18 bits per heavy atom. The number of amides is 1. The van der Waals surface area contributed by atoms with Crippen LogP contribution in [0.25, 0.3) is 10.1 Å². The zero-order chi connectivity index (χ0) is 15.8. The third-order valence-corrected chi connectivity index (χ3v) is 4.17. The molecule has 1 unspecified atom stereocenters. The van der Waals surface area contributed by atoms with E-state index in [4.69, 9.17) is 14.9 Å². The molecule has 0 fully saturated rings. The summed E-state index contributed by atoms with van der Waals surface area (Å²) in [5.41, 5.74) is 1.22. The zero-order valence-electron chi connectivity index (χ0n) is 12.3. The first-order valence-corrected chi connectivity index (χ1v) is 8.16. The lowest BCUT2D eigenvalue weighted by atomic mass is 10.1. The van der Waals surface area contributed by atoms with Crippen LogP contribution < -0.4 is 5.32 Å². The Bertz CT molecular complexity index is 599. The van der Waals surface area contributed by atoms with Gasteiger partial charge in [0.1, 0.15) is 0 Å². The number of carbonyl (C=O) groups is 1. The molecule has 0 aliphatic carbocycles. The number of aliphatic hydroxyl groups excluding tert-OH is 2. The van der Waals surface area contributed by atoms with Crippen molar-refractivity contribution in [1.82, 2.24) is 5.32 Å². The molecule has 120 valence electrons. The molecule has 1 atom stereocenters. The molecule has 1 amide bonds. The molecule has 0 spiro atoms. The monoisotopic (exact) mass is 323 g/mol. The molecule has 0 saturated heterocycles. The molecule has 1 heterocycles. The van der Waals surface area contributed by atoms with E-state index < -0.39 is 6.10 Å². The van der Waals surface area contributed by atoms with Crippen molar-refractivity contribution >= 4 is 27.3 Å². The number of nitrogens with one attached hydrogen (secondary N) is 1. The summed E-state index contributed by atoms with van der Waals surface area (Å²) >= 11 is 1.73. The molecule has 22 heavy (non-hydrogen) atoms. The lowest BCUT2D eigenvalue weighted by Crippen LogP contribution is -2.34. The van der Waals surface area contributed by atoms with Crippen molar-refractivity contribution in [2.45, 2.75) is 18.9 Å². The number of benzene rings is 1. The fraction of sp³-hybridized carbons (Fsp3) is 0.438. The fourth-order valence-electron chi connectivity index (χ4n) is 2.01. The summed E-state index contributed by atoms with van der Waals surface area (Å²) in [5.74, 6) is -0.188. The van der Waals surface area contributed by atoms with Gasteiger partial charge in [-0.15, -0.1) is 11.3 Å². The van der Waals surface area contributed by atoms with Gasteiger partial charge in [0.15, 0.2) is 0 Å². The van der Waals surface area contributed by atoms with E-state index >= 15 is 0 Å². The van der Waals surface area contributed by atoms with Crippen molar-refractivity contribution < 1.29 is 19.7 Å². The Morgan fingerprint density at radius 3 is 3.00 bits per heavy atom. The van der Waals surface area contributed by atoms with Gasteiger partial charge in [-0.3, -0.25) is 4.79 Å². The molecule has 5 nitrogen and oxygen atoms in total. The first-order valence-electron chi connectivity index (χ1n) is 7.28. The van der Waals surface area contributed by atoms with E-state index in [2.05, 4.69) is 35.0 Å². The highest BCUT2D eigenvalue weighted by Gasteiger charge is 2.05. The minimum Gasteiger partial charge on any atom is -0.394 e. The number of aliphatic hydroxyl groups is 2. The highest BCUT2D eigenvalue weighted by atomic mass is 32.1. The van der Waals surface area contributed by atoms with Crippen LogP contribution in [0.15, 0.2) is 29.6 Å². The number of fused-ring (bicyclic) bond motifs is 1. The van der Waals surface area contributed by atoms with Crippen LogP contribution in [0.5, 0.6) is 0 Å². The van der Waals surface area contributed by atoms with Crippen molar-refractivity contribution in [2.24, 2.45) is 0 Å². The van der Waals surface area contributed by atoms with Gasteiger partial charge >= 0.3 is 0 Å². The van der Waals surface area contributed by atoms with Crippen molar-refractivity contribution in [3.8, 4) is 0 Å². The SMILES string of the molecule is O=C(CCOCCc1ccc2sccc2c1)NCC(O)CO. The highest BCUT2D eigenvalue weighted by Crippen LogP contribution is 2.21. The van der Waals surface area contributed by atoms with Crippen LogP contribution in [0.3, 0.4) is 0 Å². The number of ether oxygens (including phenoxy) is 1. The standard InChI is InChI=1S/C16H21NO4S/c18-11-14(19)10-17-16(20)4-7-21-6-3-12-1-2-15-13(9-12)5-8-22-15/h1-2,5,8-9,14,18-19H,3-4,6-7,10-11H2,(H,17,20). The summed E-state index contributed by atoms with van der Waals surface area (Å²) in [7, 11) is 0. The molecular formula is C16H21NO4S. The fourth-order valence-corrected chi connectivity index (χ4v) is 2.78. The third kappa shape index (κ3) is 5.38. The van der Waals surface area contributed by atoms with Crippen molar-refractivity contribution in [3.63, 3.8) is 0 Å². The molecule has 0 aliphatic rings. The Hall–Kier alpha value is -1.47. The van der Waals surface area contributed by atoms with E-state index in [1.165, 1.54) is 15.6 Å². The number of thiophene rings is 1. The second-order valence-electron chi connectivity index (χ2n) is 5.05. The number of carbonyl (C=O) groups excluding carboxylic acids is 1. The summed E-state index contributed by atoms with van der Waals surface area (Å²) in [6.45, 7) is 0.630. The predicted molar refractivity (Wildman–Crippen MR) is 87.1 cm³/mol. The summed E-state index contributed by atoms with van der Waals surface area (Å²) < 4.78 is 6.75. The molecule has 1 aromatic heterocycles. The lowest BCUT2D eigenvalue weighted by molar-refractivity contribution is -0.122. The summed E-state index contributed by atoms with van der Waals surface area (Å²) in [6.07, 6.45) is 0.162. The highest BCUT2D eigenvalue weighted by molar-refractivity contribution is 7.17. The van der Waals surface area contributed by atoms with Gasteiger partial charge in [-0.25, -0.2) is 0 Å². The average Bonchev–Trinajstić information content (AvgIpc) is 2.99. The molecule has 1 aromatic carbocycles. The van der Waals surface area contributed by atoms with Gasteiger partial charge in [0.25, 0.3) is 0 Å². The molecule has 6 heteroatoms. The second-order valence-corrected chi connectivity index (χ2v) is 5.99. The lowest BCUT2D eigenvalue weighted by Gasteiger charge is -2.09. The predicted octanol–water partition coefficient (Wildman–Crippen LogP) is 1.32. The Balaban J connectivity index is 1.59. The van der Waals surface area contributed by atoms with Crippen LogP contribution in [-0.4, -0.2) is 48.6 Å². The molecule has 0 saturated carbocycles. The van der Waals surface area contributed by atoms with Gasteiger partial charge in [0.05, 0.1) is 25.9 Å². The minimum absolute atomic E-state index is 0.0655. The van der Waals surface area contributed by atoms with Crippen LogP contribution >= 0.6 is 11.3 Å². The molecule has 3 N–H and O–H groups in total. The molecular weight excluding hydrogens is 302 g/mol. The number of hydrogen-bond donors (Lipinski definition) is 3. The number of hydrogen-bond acceptors (Lipinski definition) is 5. The maximum Gasteiger partial charge on any atom is 0.222 e. The Morgan fingerprint density at radius 1 is 1.32 bits per heavy atom. The van der Waals surface area contributed by atoms with Gasteiger partial charge in [0.2, 0.25) is 5.91 Å². The smallest absolute Gasteiger partial charge is 0.222 e. The van der Waals surface area contributed by atoms with E-state index in [-0.39, 0.29) is 25.5 Å². The van der Waals surface area contributed by atoms with E-state index in [0.29, 0.717) is 13.2 Å². The second kappa shape index (κ2) is 8.85. The molecule has 0 radical (unpaired) electrons. The van der Waals surface area contributed by atoms with Crippen LogP contribution in [0, 0.1) is 0 Å². The van der Waals surface area contributed by atoms with E-state index in [9.17, 15) is 4.79 Å². The Labute approximate surface area is 133 Å². The normalized spacial score (nSPS) is 12.5. The van der Waals surface area contributed by atoms with Crippen LogP contribution in [0.1, 0.15) is 12.0 Å². The zero-order valence-corrected chi connectivity index (χ0v) is 13.1. The Kier molecular flexibility index (Phi) is 6.79. The van der Waals surface area contributed by atoms with E-state index in [1.54, 1.807) is 11.3 Å². The van der Waals surface area contributed by atoms with Gasteiger partial charge in [0, 0.05) is 17.7 Å². The largest absolute Gasteiger partial charge is 0.394 e. The minimum atomic E-state index is -0.906. The molecule has 2 aromatic rings. The van der Waals surface area contributed by atoms with Crippen molar-refractivity contribution in [1.29, 1.82) is 0 Å². The quantitative estimate of drug-likeness (QED) is 0.608. The first-order chi connectivity index (χ1) is 10.7. The van der Waals surface area contributed by atoms with Crippen LogP contribution in [0.2, 0.25) is 0 Å². The summed E-state index contributed by atoms with van der Waals surface area (Å²) in [6, 6.07) is 8.49. The molecule has 0 bridgehead atoms. The maximum atomic E-state index is 11.4. The van der Waals surface area contributed by atoms with Gasteiger partial charge in [-0.05, 0) is 34.9 Å². The van der Waals surface area contributed by atoms with Gasteiger partial charge < -0.3 is 20.3 Å². The summed E-state index contributed by atoms with van der Waals surface area (Å²) in [5, 5.41) is 23.6. The van der Waals surface area contributed by atoms with Crippen LogP contribution in [0.4, 0.5) is 0 Å². The first kappa shape index (κ1) is 16.9. The van der Waals surface area contributed by atoms with Crippen molar-refractivity contribution in [3.05, 3.63) is 35.2 Å². The average molecular weight is 323 g/mol. The van der Waals surface area contributed by atoms with Gasteiger partial charge in [-0.1, -0.05) is 12.1 Å². The van der Waals surface area contributed by atoms with Gasteiger partial charge in [-0.2, -0.15) is 0 Å².